The smallest absolute Gasteiger partial charge is 0.221 e. The van der Waals surface area contributed by atoms with Crippen molar-refractivity contribution >= 4 is 17.3 Å². The highest BCUT2D eigenvalue weighted by Gasteiger charge is 2.10. The third kappa shape index (κ3) is 3.99. The zero-order valence-corrected chi connectivity index (χ0v) is 12.5. The topological polar surface area (TPSA) is 50.4 Å². The van der Waals surface area contributed by atoms with Crippen molar-refractivity contribution in [1.82, 2.24) is 0 Å². The first-order valence-corrected chi connectivity index (χ1v) is 6.87. The molecule has 0 fully saturated rings. The van der Waals surface area contributed by atoms with Crippen LogP contribution in [0, 0.1) is 0 Å². The number of methoxy groups -OCH3 is 1. The highest BCUT2D eigenvalue weighted by atomic mass is 16.5. The van der Waals surface area contributed by atoms with Crippen molar-refractivity contribution in [3.63, 3.8) is 0 Å². The number of carbonyl (C=O) groups excluding carboxylic acids is 1. The Morgan fingerprint density at radius 3 is 2.52 bits per heavy atom. The molecule has 0 saturated carbocycles. The number of rotatable bonds is 5. The molecule has 0 saturated heterocycles. The molecule has 0 spiro atoms. The predicted molar refractivity (Wildman–Crippen MR) is 85.8 cm³/mol. The molecule has 0 bridgehead atoms. The number of amides is 1. The highest BCUT2D eigenvalue weighted by Crippen LogP contribution is 2.28. The quantitative estimate of drug-likeness (QED) is 0.877. The van der Waals surface area contributed by atoms with Gasteiger partial charge in [0.25, 0.3) is 0 Å². The molecule has 1 unspecified atom stereocenters. The molecule has 21 heavy (non-hydrogen) atoms. The number of para-hydroxylation sites is 1. The average Bonchev–Trinajstić information content (AvgIpc) is 2.46. The molecule has 4 heteroatoms. The van der Waals surface area contributed by atoms with Crippen molar-refractivity contribution in [2.45, 2.75) is 19.9 Å². The lowest BCUT2D eigenvalue weighted by molar-refractivity contribution is -0.114. The van der Waals surface area contributed by atoms with E-state index in [1.165, 1.54) is 6.92 Å². The Labute approximate surface area is 125 Å². The van der Waals surface area contributed by atoms with Crippen LogP contribution in [0.4, 0.5) is 11.4 Å². The predicted octanol–water partition coefficient (Wildman–Crippen LogP) is 3.83. The minimum Gasteiger partial charge on any atom is -0.496 e. The van der Waals surface area contributed by atoms with E-state index in [1.54, 1.807) is 7.11 Å². The summed E-state index contributed by atoms with van der Waals surface area (Å²) < 4.78 is 5.38. The first-order chi connectivity index (χ1) is 10.1. The Morgan fingerprint density at radius 2 is 1.81 bits per heavy atom. The second-order valence-corrected chi connectivity index (χ2v) is 4.87. The maximum Gasteiger partial charge on any atom is 0.221 e. The number of hydrogen-bond acceptors (Lipinski definition) is 3. The molecule has 2 aromatic carbocycles. The van der Waals surface area contributed by atoms with Crippen LogP contribution < -0.4 is 15.4 Å². The van der Waals surface area contributed by atoms with Gasteiger partial charge in [-0.15, -0.1) is 0 Å². The molecule has 0 aliphatic heterocycles. The number of hydrogen-bond donors (Lipinski definition) is 2. The van der Waals surface area contributed by atoms with E-state index in [-0.39, 0.29) is 11.9 Å². The molecule has 110 valence electrons. The summed E-state index contributed by atoms with van der Waals surface area (Å²) in [7, 11) is 1.67. The zero-order valence-electron chi connectivity index (χ0n) is 12.5. The van der Waals surface area contributed by atoms with E-state index < -0.39 is 0 Å². The summed E-state index contributed by atoms with van der Waals surface area (Å²) in [6.07, 6.45) is 0. The van der Waals surface area contributed by atoms with Gasteiger partial charge in [-0.3, -0.25) is 4.79 Å². The Hall–Kier alpha value is -2.49. The van der Waals surface area contributed by atoms with Crippen LogP contribution >= 0.6 is 0 Å². The molecule has 0 aliphatic carbocycles. The van der Waals surface area contributed by atoms with Crippen molar-refractivity contribution < 1.29 is 9.53 Å². The van der Waals surface area contributed by atoms with Crippen LogP contribution in [0.2, 0.25) is 0 Å². The highest BCUT2D eigenvalue weighted by molar-refractivity contribution is 5.89. The second-order valence-electron chi connectivity index (χ2n) is 4.87. The summed E-state index contributed by atoms with van der Waals surface area (Å²) >= 11 is 0. The fourth-order valence-electron chi connectivity index (χ4n) is 2.24. The summed E-state index contributed by atoms with van der Waals surface area (Å²) in [5, 5.41) is 6.19. The summed E-state index contributed by atoms with van der Waals surface area (Å²) in [6, 6.07) is 15.7. The first-order valence-electron chi connectivity index (χ1n) is 6.87. The van der Waals surface area contributed by atoms with Gasteiger partial charge < -0.3 is 15.4 Å². The van der Waals surface area contributed by atoms with Gasteiger partial charge >= 0.3 is 0 Å². The van der Waals surface area contributed by atoms with E-state index in [9.17, 15) is 4.79 Å². The lowest BCUT2D eigenvalue weighted by Crippen LogP contribution is -2.09. The van der Waals surface area contributed by atoms with Crippen LogP contribution in [0.3, 0.4) is 0 Å². The van der Waals surface area contributed by atoms with Crippen LogP contribution in [0.5, 0.6) is 5.75 Å². The first kappa shape index (κ1) is 14.9. The number of benzene rings is 2. The van der Waals surface area contributed by atoms with Crippen LogP contribution in [0.25, 0.3) is 0 Å². The van der Waals surface area contributed by atoms with E-state index in [2.05, 4.69) is 17.6 Å². The molecule has 4 nitrogen and oxygen atoms in total. The lowest BCUT2D eigenvalue weighted by Gasteiger charge is -2.18. The van der Waals surface area contributed by atoms with Crippen LogP contribution in [0.15, 0.2) is 48.5 Å². The van der Waals surface area contributed by atoms with Gasteiger partial charge in [0.2, 0.25) is 5.91 Å². The minimum absolute atomic E-state index is 0.0788. The Morgan fingerprint density at radius 1 is 1.10 bits per heavy atom. The average molecular weight is 284 g/mol. The van der Waals surface area contributed by atoms with Gasteiger partial charge in [0.05, 0.1) is 13.2 Å². The van der Waals surface area contributed by atoms with E-state index >= 15 is 0 Å². The molecular weight excluding hydrogens is 264 g/mol. The summed E-state index contributed by atoms with van der Waals surface area (Å²) in [6.45, 7) is 3.57. The second kappa shape index (κ2) is 6.79. The van der Waals surface area contributed by atoms with E-state index in [4.69, 9.17) is 4.74 Å². The third-order valence-corrected chi connectivity index (χ3v) is 3.17. The Bertz CT molecular complexity index is 626. The van der Waals surface area contributed by atoms with Gasteiger partial charge in [-0.2, -0.15) is 0 Å². The summed E-state index contributed by atoms with van der Waals surface area (Å²) in [4.78, 5) is 11.1. The Kier molecular flexibility index (Phi) is 4.82. The van der Waals surface area contributed by atoms with Crippen LogP contribution in [0.1, 0.15) is 25.5 Å². The monoisotopic (exact) mass is 284 g/mol. The maximum absolute atomic E-state index is 11.1. The Balaban J connectivity index is 2.15. The SMILES string of the molecule is COc1ccccc1C(C)Nc1cccc(NC(C)=O)c1. The van der Waals surface area contributed by atoms with Crippen LogP contribution in [-0.2, 0) is 4.79 Å². The summed E-state index contributed by atoms with van der Waals surface area (Å²) in [5.41, 5.74) is 2.81. The molecule has 2 aromatic rings. The van der Waals surface area contributed by atoms with Gasteiger partial charge in [-0.1, -0.05) is 24.3 Å². The van der Waals surface area contributed by atoms with Crippen molar-refractivity contribution in [1.29, 1.82) is 0 Å². The van der Waals surface area contributed by atoms with Crippen molar-refractivity contribution in [3.05, 3.63) is 54.1 Å². The van der Waals surface area contributed by atoms with Gasteiger partial charge in [-0.25, -0.2) is 0 Å². The van der Waals surface area contributed by atoms with Gasteiger partial charge in [0, 0.05) is 23.9 Å². The number of anilines is 2. The van der Waals surface area contributed by atoms with Gasteiger partial charge in [-0.05, 0) is 31.2 Å². The lowest BCUT2D eigenvalue weighted by atomic mass is 10.1. The van der Waals surface area contributed by atoms with E-state index in [0.717, 1.165) is 22.7 Å². The van der Waals surface area contributed by atoms with E-state index in [0.29, 0.717) is 0 Å². The molecule has 1 amide bonds. The number of nitrogens with one attached hydrogen (secondary N) is 2. The molecule has 2 N–H and O–H groups in total. The van der Waals surface area contributed by atoms with Crippen molar-refractivity contribution in [3.8, 4) is 5.75 Å². The van der Waals surface area contributed by atoms with Crippen LogP contribution in [-0.4, -0.2) is 13.0 Å². The molecule has 0 radical (unpaired) electrons. The van der Waals surface area contributed by atoms with Crippen molar-refractivity contribution in [2.24, 2.45) is 0 Å². The molecule has 0 aromatic heterocycles. The van der Waals surface area contributed by atoms with Gasteiger partial charge in [0.15, 0.2) is 0 Å². The standard InChI is InChI=1S/C17H20N2O2/c1-12(16-9-4-5-10-17(16)21-3)18-14-7-6-8-15(11-14)19-13(2)20/h4-12,18H,1-3H3,(H,19,20). The third-order valence-electron chi connectivity index (χ3n) is 3.17. The molecular formula is C17H20N2O2. The normalized spacial score (nSPS) is 11.6. The fraction of sp³-hybridized carbons (Fsp3) is 0.235. The minimum atomic E-state index is -0.0788. The molecule has 0 heterocycles. The molecule has 2 rings (SSSR count). The zero-order chi connectivity index (χ0) is 15.2. The maximum atomic E-state index is 11.1. The molecule has 0 aliphatic rings. The fourth-order valence-corrected chi connectivity index (χ4v) is 2.24. The van der Waals surface area contributed by atoms with E-state index in [1.807, 2.05) is 48.5 Å². The van der Waals surface area contributed by atoms with Gasteiger partial charge in [0.1, 0.15) is 5.75 Å². The number of ether oxygens (including phenoxy) is 1. The molecule has 1 atom stereocenters. The summed E-state index contributed by atoms with van der Waals surface area (Å²) in [5.74, 6) is 0.778. The largest absolute Gasteiger partial charge is 0.496 e. The van der Waals surface area contributed by atoms with Crippen molar-refractivity contribution in [2.75, 3.05) is 17.7 Å². The number of carbonyl (C=O) groups is 1.